The first-order valence-electron chi connectivity index (χ1n) is 15.9. The Morgan fingerprint density at radius 3 is 2.00 bits per heavy atom. The van der Waals surface area contributed by atoms with Crippen LogP contribution in [0.1, 0.15) is 0 Å². The summed E-state index contributed by atoms with van der Waals surface area (Å²) in [4.78, 5) is 10.4. The molecule has 0 saturated heterocycles. The summed E-state index contributed by atoms with van der Waals surface area (Å²) < 4.78 is 6.34. The Balaban J connectivity index is 1.11. The van der Waals surface area contributed by atoms with Crippen LogP contribution in [0.25, 0.3) is 98.9 Å². The standard InChI is InChI=1S/C44H26N2O/c1-2-9-27(10-3-1)41-36-12-4-6-15-39(36)46-43-37(41)23-21-28-22-24-38(45-42(28)43)32-20-18-29-25-31(19-17-30(29)26-32)33-13-8-14-35-34-11-5-7-16-40(34)47-44(33)35/h1-26H. The van der Waals surface area contributed by atoms with Gasteiger partial charge in [-0.2, -0.15) is 0 Å². The summed E-state index contributed by atoms with van der Waals surface area (Å²) in [5.41, 5.74) is 11.3. The molecule has 3 heterocycles. The SMILES string of the molecule is c1ccc(-c2c3ccccc3nc3c2ccc2ccc(-c4ccc5cc(-c6cccc7c6oc6ccccc67)ccc5c4)nc23)cc1. The fourth-order valence-corrected chi connectivity index (χ4v) is 7.16. The van der Waals surface area contributed by atoms with Crippen molar-refractivity contribution in [3.63, 3.8) is 0 Å². The third-order valence-corrected chi connectivity index (χ3v) is 9.42. The van der Waals surface area contributed by atoms with Crippen LogP contribution in [0.2, 0.25) is 0 Å². The summed E-state index contributed by atoms with van der Waals surface area (Å²) in [5, 5.41) is 7.95. The van der Waals surface area contributed by atoms with Gasteiger partial charge >= 0.3 is 0 Å². The van der Waals surface area contributed by atoms with Gasteiger partial charge in [0.05, 0.1) is 22.2 Å². The fourth-order valence-electron chi connectivity index (χ4n) is 7.16. The van der Waals surface area contributed by atoms with Gasteiger partial charge < -0.3 is 4.42 Å². The predicted molar refractivity (Wildman–Crippen MR) is 196 cm³/mol. The molecular formula is C44H26N2O. The maximum absolute atomic E-state index is 6.34. The first-order valence-corrected chi connectivity index (χ1v) is 15.9. The number of para-hydroxylation sites is 3. The first kappa shape index (κ1) is 26.0. The summed E-state index contributed by atoms with van der Waals surface area (Å²) in [6.45, 7) is 0. The number of hydrogen-bond donors (Lipinski definition) is 0. The van der Waals surface area contributed by atoms with Crippen LogP contribution in [0.4, 0.5) is 0 Å². The van der Waals surface area contributed by atoms with Crippen molar-refractivity contribution >= 4 is 65.4 Å². The van der Waals surface area contributed by atoms with E-state index in [0.29, 0.717) is 0 Å². The van der Waals surface area contributed by atoms with Gasteiger partial charge in [-0.3, -0.25) is 0 Å². The van der Waals surface area contributed by atoms with Gasteiger partial charge in [-0.1, -0.05) is 127 Å². The Morgan fingerprint density at radius 1 is 0.404 bits per heavy atom. The predicted octanol–water partition coefficient (Wildman–Crippen LogP) is 12.0. The number of nitrogens with zero attached hydrogens (tertiary/aromatic N) is 2. The Labute approximate surface area is 270 Å². The molecule has 0 unspecified atom stereocenters. The third kappa shape index (κ3) is 4.07. The van der Waals surface area contributed by atoms with Crippen molar-refractivity contribution in [1.29, 1.82) is 0 Å². The highest BCUT2D eigenvalue weighted by molar-refractivity contribution is 6.16. The van der Waals surface area contributed by atoms with Crippen molar-refractivity contribution < 1.29 is 4.42 Å². The maximum Gasteiger partial charge on any atom is 0.143 e. The van der Waals surface area contributed by atoms with E-state index < -0.39 is 0 Å². The molecular weight excluding hydrogens is 572 g/mol. The average molecular weight is 599 g/mol. The third-order valence-electron chi connectivity index (χ3n) is 9.42. The van der Waals surface area contributed by atoms with E-state index in [-0.39, 0.29) is 0 Å². The number of hydrogen-bond acceptors (Lipinski definition) is 3. The van der Waals surface area contributed by atoms with Crippen molar-refractivity contribution in [2.24, 2.45) is 0 Å². The van der Waals surface area contributed by atoms with Gasteiger partial charge in [0.2, 0.25) is 0 Å². The quantitative estimate of drug-likeness (QED) is 0.150. The number of rotatable bonds is 3. The summed E-state index contributed by atoms with van der Waals surface area (Å²) in [6.07, 6.45) is 0. The zero-order chi connectivity index (χ0) is 30.9. The van der Waals surface area contributed by atoms with E-state index in [1.807, 2.05) is 12.1 Å². The molecule has 0 bridgehead atoms. The van der Waals surface area contributed by atoms with E-state index in [0.717, 1.165) is 77.0 Å². The second kappa shape index (κ2) is 10.1. The lowest BCUT2D eigenvalue weighted by Gasteiger charge is -2.13. The number of benzene rings is 7. The molecule has 0 aliphatic carbocycles. The van der Waals surface area contributed by atoms with E-state index in [1.165, 1.54) is 21.9 Å². The molecule has 10 rings (SSSR count). The minimum atomic E-state index is 0.913. The van der Waals surface area contributed by atoms with Crippen molar-refractivity contribution in [2.45, 2.75) is 0 Å². The molecule has 0 aliphatic heterocycles. The van der Waals surface area contributed by atoms with Crippen LogP contribution in [0, 0.1) is 0 Å². The zero-order valence-electron chi connectivity index (χ0n) is 25.3. The molecule has 0 saturated carbocycles. The smallest absolute Gasteiger partial charge is 0.143 e. The number of furan rings is 1. The fraction of sp³-hybridized carbons (Fsp3) is 0. The van der Waals surface area contributed by atoms with Crippen LogP contribution in [0.5, 0.6) is 0 Å². The topological polar surface area (TPSA) is 38.9 Å². The van der Waals surface area contributed by atoms with Crippen LogP contribution >= 0.6 is 0 Å². The molecule has 0 fully saturated rings. The first-order chi connectivity index (χ1) is 23.3. The highest BCUT2D eigenvalue weighted by Crippen LogP contribution is 2.39. The van der Waals surface area contributed by atoms with Crippen molar-refractivity contribution in [2.75, 3.05) is 0 Å². The van der Waals surface area contributed by atoms with Gasteiger partial charge in [0.15, 0.2) is 0 Å². The summed E-state index contributed by atoms with van der Waals surface area (Å²) in [6, 6.07) is 55.5. The molecule has 3 heteroatoms. The molecule has 0 amide bonds. The van der Waals surface area contributed by atoms with E-state index in [9.17, 15) is 0 Å². The monoisotopic (exact) mass is 598 g/mol. The van der Waals surface area contributed by atoms with Gasteiger partial charge in [0.1, 0.15) is 11.2 Å². The van der Waals surface area contributed by atoms with Crippen molar-refractivity contribution in [1.82, 2.24) is 9.97 Å². The second-order valence-corrected chi connectivity index (χ2v) is 12.2. The van der Waals surface area contributed by atoms with Crippen LogP contribution in [0.15, 0.2) is 162 Å². The molecule has 10 aromatic rings. The minimum Gasteiger partial charge on any atom is -0.455 e. The average Bonchev–Trinajstić information content (AvgIpc) is 3.52. The van der Waals surface area contributed by atoms with Gasteiger partial charge in [0, 0.05) is 43.6 Å². The summed E-state index contributed by atoms with van der Waals surface area (Å²) in [7, 11) is 0. The molecule has 3 nitrogen and oxygen atoms in total. The minimum absolute atomic E-state index is 0.913. The number of fused-ring (bicyclic) bond motifs is 8. The van der Waals surface area contributed by atoms with Crippen molar-refractivity contribution in [3.8, 4) is 33.5 Å². The van der Waals surface area contributed by atoms with Crippen LogP contribution in [-0.4, -0.2) is 9.97 Å². The van der Waals surface area contributed by atoms with E-state index in [4.69, 9.17) is 14.4 Å². The van der Waals surface area contributed by atoms with Gasteiger partial charge in [-0.15, -0.1) is 0 Å². The van der Waals surface area contributed by atoms with Crippen molar-refractivity contribution in [3.05, 3.63) is 158 Å². The second-order valence-electron chi connectivity index (χ2n) is 12.2. The molecule has 0 N–H and O–H groups in total. The Kier molecular flexibility index (Phi) is 5.57. The molecule has 0 spiro atoms. The molecule has 7 aromatic carbocycles. The van der Waals surface area contributed by atoms with Crippen LogP contribution in [-0.2, 0) is 0 Å². The zero-order valence-corrected chi connectivity index (χ0v) is 25.3. The summed E-state index contributed by atoms with van der Waals surface area (Å²) in [5.74, 6) is 0. The summed E-state index contributed by atoms with van der Waals surface area (Å²) >= 11 is 0. The molecule has 218 valence electrons. The normalized spacial score (nSPS) is 11.8. The van der Waals surface area contributed by atoms with Gasteiger partial charge in [-0.05, 0) is 52.2 Å². The number of aromatic nitrogens is 2. The lowest BCUT2D eigenvalue weighted by Crippen LogP contribution is -1.93. The molecule has 0 radical (unpaired) electrons. The molecule has 47 heavy (non-hydrogen) atoms. The maximum atomic E-state index is 6.34. The molecule has 0 atom stereocenters. The Hall–Kier alpha value is -6.32. The number of pyridine rings is 2. The Morgan fingerprint density at radius 2 is 1.11 bits per heavy atom. The lowest BCUT2D eigenvalue weighted by atomic mass is 9.95. The molecule has 3 aromatic heterocycles. The lowest BCUT2D eigenvalue weighted by molar-refractivity contribution is 0.670. The largest absolute Gasteiger partial charge is 0.455 e. The highest BCUT2D eigenvalue weighted by Gasteiger charge is 2.16. The molecule has 0 aliphatic rings. The van der Waals surface area contributed by atoms with E-state index in [2.05, 4.69) is 146 Å². The van der Waals surface area contributed by atoms with Crippen LogP contribution < -0.4 is 0 Å². The van der Waals surface area contributed by atoms with Gasteiger partial charge in [0.25, 0.3) is 0 Å². The van der Waals surface area contributed by atoms with Crippen LogP contribution in [0.3, 0.4) is 0 Å². The Bertz CT molecular complexity index is 2850. The van der Waals surface area contributed by atoms with E-state index in [1.54, 1.807) is 0 Å². The van der Waals surface area contributed by atoms with E-state index >= 15 is 0 Å². The highest BCUT2D eigenvalue weighted by atomic mass is 16.3. The van der Waals surface area contributed by atoms with Gasteiger partial charge in [-0.25, -0.2) is 9.97 Å².